The van der Waals surface area contributed by atoms with Gasteiger partial charge in [-0.1, -0.05) is 13.2 Å². The molecule has 2 rings (SSSR count). The van der Waals surface area contributed by atoms with Crippen LogP contribution in [0.2, 0.25) is 0 Å². The summed E-state index contributed by atoms with van der Waals surface area (Å²) in [4.78, 5) is 31.3. The Bertz CT molecular complexity index is 413. The Hall–Kier alpha value is -1.95. The number of hydrogen-bond donors (Lipinski definition) is 0. The largest absolute Gasteiger partial charge is 0.466 e. The van der Waals surface area contributed by atoms with Gasteiger partial charge in [-0.05, 0) is 12.8 Å². The summed E-state index contributed by atoms with van der Waals surface area (Å²) in [5, 5.41) is 0. The molecule has 0 spiro atoms. The van der Waals surface area contributed by atoms with E-state index in [-0.39, 0.29) is 24.1 Å². The fraction of sp³-hybridized carbons (Fsp3) is 0.500. The van der Waals surface area contributed by atoms with Crippen molar-refractivity contribution in [2.24, 2.45) is 0 Å². The molecule has 0 aliphatic carbocycles. The molecule has 0 aromatic heterocycles. The molecule has 0 saturated carbocycles. The summed E-state index contributed by atoms with van der Waals surface area (Å²) < 4.78 is 14.0. The minimum atomic E-state index is -0.588. The molecular formula is C14H18O6. The number of rotatable bonds is 3. The number of esters is 3. The van der Waals surface area contributed by atoms with Crippen molar-refractivity contribution in [3.63, 3.8) is 0 Å². The lowest BCUT2D eigenvalue weighted by atomic mass is 10.1. The Morgan fingerprint density at radius 3 is 2.50 bits per heavy atom. The average molecular weight is 282 g/mol. The van der Waals surface area contributed by atoms with Crippen LogP contribution in [-0.2, 0) is 28.6 Å². The van der Waals surface area contributed by atoms with Crippen molar-refractivity contribution < 1.29 is 28.6 Å². The second-order valence-corrected chi connectivity index (χ2v) is 4.48. The Labute approximate surface area is 117 Å². The molecular weight excluding hydrogens is 264 g/mol. The third-order valence-corrected chi connectivity index (χ3v) is 2.83. The van der Waals surface area contributed by atoms with Crippen LogP contribution in [0.25, 0.3) is 0 Å². The number of carbonyl (C=O) groups is 3. The molecule has 2 aliphatic rings. The van der Waals surface area contributed by atoms with E-state index in [1.807, 2.05) is 0 Å². The van der Waals surface area contributed by atoms with Crippen molar-refractivity contribution in [2.75, 3.05) is 13.7 Å². The monoisotopic (exact) mass is 282 g/mol. The zero-order valence-electron chi connectivity index (χ0n) is 11.5. The molecule has 0 radical (unpaired) electrons. The Kier molecular flexibility index (Phi) is 6.11. The van der Waals surface area contributed by atoms with Gasteiger partial charge in [-0.25, -0.2) is 9.59 Å². The van der Waals surface area contributed by atoms with Crippen molar-refractivity contribution in [1.29, 1.82) is 0 Å². The molecule has 0 bridgehead atoms. The molecule has 0 amide bonds. The third kappa shape index (κ3) is 4.97. The van der Waals surface area contributed by atoms with Gasteiger partial charge in [-0.2, -0.15) is 0 Å². The van der Waals surface area contributed by atoms with Crippen molar-refractivity contribution in [2.45, 2.75) is 31.8 Å². The molecule has 2 aliphatic heterocycles. The first-order valence-electron chi connectivity index (χ1n) is 6.24. The number of hydrogen-bond acceptors (Lipinski definition) is 6. The van der Waals surface area contributed by atoms with Gasteiger partial charge in [0.05, 0.1) is 19.6 Å². The Balaban J connectivity index is 0.000000217. The number of carbonyl (C=O) groups excluding carboxylic acids is 3. The van der Waals surface area contributed by atoms with Gasteiger partial charge in [-0.3, -0.25) is 4.79 Å². The highest BCUT2D eigenvalue weighted by Gasteiger charge is 2.24. The van der Waals surface area contributed by atoms with Crippen molar-refractivity contribution in [3.8, 4) is 0 Å². The highest BCUT2D eigenvalue weighted by atomic mass is 16.6. The van der Waals surface area contributed by atoms with Gasteiger partial charge < -0.3 is 14.2 Å². The van der Waals surface area contributed by atoms with Crippen LogP contribution < -0.4 is 0 Å². The van der Waals surface area contributed by atoms with Crippen LogP contribution in [0.3, 0.4) is 0 Å². The van der Waals surface area contributed by atoms with Crippen molar-refractivity contribution in [1.82, 2.24) is 0 Å². The van der Waals surface area contributed by atoms with E-state index in [0.717, 1.165) is 19.4 Å². The second-order valence-electron chi connectivity index (χ2n) is 4.48. The minimum absolute atomic E-state index is 0.0544. The van der Waals surface area contributed by atoms with E-state index in [2.05, 4.69) is 22.6 Å². The van der Waals surface area contributed by atoms with Gasteiger partial charge in [-0.15, -0.1) is 0 Å². The van der Waals surface area contributed by atoms with Gasteiger partial charge in [0.15, 0.2) is 0 Å². The molecule has 2 fully saturated rings. The standard InChI is InChI=1S/C9H14O3.C5H4O3/c1-7(9(10)11-2)6-8-4-3-5-12-8;1-3-2-4(6)8-5(3)7/h8H,1,3-6H2,2H3;1-2H2. The first-order chi connectivity index (χ1) is 9.43. The topological polar surface area (TPSA) is 78.9 Å². The van der Waals surface area contributed by atoms with E-state index in [1.54, 1.807) is 0 Å². The second kappa shape index (κ2) is 7.59. The zero-order valence-corrected chi connectivity index (χ0v) is 11.5. The highest BCUT2D eigenvalue weighted by molar-refractivity contribution is 6.05. The van der Waals surface area contributed by atoms with E-state index in [4.69, 9.17) is 4.74 Å². The Morgan fingerprint density at radius 2 is 2.15 bits per heavy atom. The number of cyclic esters (lactones) is 2. The highest BCUT2D eigenvalue weighted by Crippen LogP contribution is 2.19. The van der Waals surface area contributed by atoms with Gasteiger partial charge in [0.25, 0.3) is 0 Å². The smallest absolute Gasteiger partial charge is 0.341 e. The Morgan fingerprint density at radius 1 is 1.45 bits per heavy atom. The molecule has 2 heterocycles. The van der Waals surface area contributed by atoms with Crippen LogP contribution in [0.15, 0.2) is 24.3 Å². The quantitative estimate of drug-likeness (QED) is 0.441. The molecule has 0 aromatic carbocycles. The molecule has 2 saturated heterocycles. The van der Waals surface area contributed by atoms with E-state index in [1.165, 1.54) is 7.11 Å². The first-order valence-corrected chi connectivity index (χ1v) is 6.24. The summed E-state index contributed by atoms with van der Waals surface area (Å²) in [5.41, 5.74) is 0.749. The summed E-state index contributed by atoms with van der Waals surface area (Å²) in [6, 6.07) is 0. The maximum atomic E-state index is 10.9. The number of methoxy groups -OCH3 is 1. The molecule has 20 heavy (non-hydrogen) atoms. The van der Waals surface area contributed by atoms with Crippen LogP contribution in [-0.4, -0.2) is 37.7 Å². The van der Waals surface area contributed by atoms with Crippen LogP contribution in [0.4, 0.5) is 0 Å². The molecule has 1 atom stereocenters. The molecule has 0 N–H and O–H groups in total. The maximum absolute atomic E-state index is 10.9. The fourth-order valence-electron chi connectivity index (χ4n) is 1.77. The van der Waals surface area contributed by atoms with E-state index < -0.39 is 11.9 Å². The van der Waals surface area contributed by atoms with Gasteiger partial charge in [0.2, 0.25) is 0 Å². The van der Waals surface area contributed by atoms with Crippen LogP contribution in [0.5, 0.6) is 0 Å². The predicted octanol–water partition coefficient (Wildman–Crippen LogP) is 1.30. The normalized spacial score (nSPS) is 21.1. The lowest BCUT2D eigenvalue weighted by Gasteiger charge is -2.09. The lowest BCUT2D eigenvalue weighted by Crippen LogP contribution is -2.12. The van der Waals surface area contributed by atoms with E-state index in [9.17, 15) is 14.4 Å². The summed E-state index contributed by atoms with van der Waals surface area (Å²) in [6.07, 6.45) is 2.94. The number of ether oxygens (including phenoxy) is 3. The third-order valence-electron chi connectivity index (χ3n) is 2.83. The molecule has 1 unspecified atom stereocenters. The van der Waals surface area contributed by atoms with Crippen molar-refractivity contribution >= 4 is 17.9 Å². The van der Waals surface area contributed by atoms with Crippen LogP contribution >= 0.6 is 0 Å². The van der Waals surface area contributed by atoms with E-state index in [0.29, 0.717) is 12.0 Å². The van der Waals surface area contributed by atoms with Gasteiger partial charge in [0, 0.05) is 24.2 Å². The SMILES string of the molecule is C=C(CC1CCCO1)C(=O)OC.C=C1CC(=O)OC1=O. The lowest BCUT2D eigenvalue weighted by molar-refractivity contribution is -0.151. The summed E-state index contributed by atoms with van der Waals surface area (Å²) >= 11 is 0. The van der Waals surface area contributed by atoms with Crippen molar-refractivity contribution in [3.05, 3.63) is 24.3 Å². The van der Waals surface area contributed by atoms with E-state index >= 15 is 0 Å². The molecule has 0 aromatic rings. The van der Waals surface area contributed by atoms with Gasteiger partial charge in [0.1, 0.15) is 0 Å². The van der Waals surface area contributed by atoms with Crippen LogP contribution in [0, 0.1) is 0 Å². The minimum Gasteiger partial charge on any atom is -0.466 e. The predicted molar refractivity (Wildman–Crippen MR) is 69.6 cm³/mol. The molecule has 6 nitrogen and oxygen atoms in total. The average Bonchev–Trinajstić information content (AvgIpc) is 3.00. The molecule has 6 heteroatoms. The fourth-order valence-corrected chi connectivity index (χ4v) is 1.77. The molecule has 110 valence electrons. The van der Waals surface area contributed by atoms with Gasteiger partial charge >= 0.3 is 17.9 Å². The summed E-state index contributed by atoms with van der Waals surface area (Å²) in [5.74, 6) is -1.42. The summed E-state index contributed by atoms with van der Waals surface area (Å²) in [6.45, 7) is 7.73. The maximum Gasteiger partial charge on any atom is 0.341 e. The zero-order chi connectivity index (χ0) is 15.1. The first kappa shape index (κ1) is 16.1. The van der Waals surface area contributed by atoms with Crippen LogP contribution in [0.1, 0.15) is 25.7 Å². The summed E-state index contributed by atoms with van der Waals surface area (Å²) in [7, 11) is 1.36.